The van der Waals surface area contributed by atoms with Crippen LogP contribution in [0.25, 0.3) is 11.3 Å². The van der Waals surface area contributed by atoms with Crippen molar-refractivity contribution in [2.45, 2.75) is 19.0 Å². The number of hydrogen-bond acceptors (Lipinski definition) is 5. The minimum atomic E-state index is -0.533. The number of piperazine rings is 1. The molecule has 0 aliphatic carbocycles. The van der Waals surface area contributed by atoms with Gasteiger partial charge in [0.05, 0.1) is 5.69 Å². The van der Waals surface area contributed by atoms with Crippen LogP contribution in [-0.4, -0.2) is 54.6 Å². The molecule has 3 aromatic carbocycles. The lowest BCUT2D eigenvalue weighted by Crippen LogP contribution is -2.47. The predicted molar refractivity (Wildman–Crippen MR) is 157 cm³/mol. The van der Waals surface area contributed by atoms with Gasteiger partial charge in [0, 0.05) is 56.1 Å². The van der Waals surface area contributed by atoms with Crippen molar-refractivity contribution in [3.05, 3.63) is 114 Å². The molecule has 0 saturated carbocycles. The Labute approximate surface area is 229 Å². The highest BCUT2D eigenvalue weighted by molar-refractivity contribution is 5.95. The van der Waals surface area contributed by atoms with Gasteiger partial charge in [0.1, 0.15) is 11.9 Å². The number of hydroxylamine groups is 1. The van der Waals surface area contributed by atoms with Crippen molar-refractivity contribution in [1.82, 2.24) is 14.8 Å². The van der Waals surface area contributed by atoms with Crippen LogP contribution in [-0.2, 0) is 6.42 Å². The fourth-order valence-corrected chi connectivity index (χ4v) is 5.78. The Kier molecular flexibility index (Phi) is 7.34. The zero-order valence-corrected chi connectivity index (χ0v) is 22.1. The number of rotatable bonds is 8. The van der Waals surface area contributed by atoms with E-state index >= 15 is 0 Å². The molecule has 200 valence electrons. The summed E-state index contributed by atoms with van der Waals surface area (Å²) in [6.45, 7) is 5.63. The van der Waals surface area contributed by atoms with Gasteiger partial charge in [0.2, 0.25) is 0 Å². The Morgan fingerprint density at radius 2 is 1.51 bits per heavy atom. The summed E-state index contributed by atoms with van der Waals surface area (Å²) in [5.74, 6) is -0.138. The summed E-state index contributed by atoms with van der Waals surface area (Å²) in [5.41, 5.74) is 5.26. The molecule has 2 aliphatic heterocycles. The van der Waals surface area contributed by atoms with E-state index in [2.05, 4.69) is 45.4 Å². The molecule has 0 bridgehead atoms. The van der Waals surface area contributed by atoms with Crippen molar-refractivity contribution in [2.24, 2.45) is 0 Å². The van der Waals surface area contributed by atoms with Crippen LogP contribution in [0.15, 0.2) is 97.1 Å². The van der Waals surface area contributed by atoms with Crippen molar-refractivity contribution in [3.63, 3.8) is 0 Å². The van der Waals surface area contributed by atoms with Gasteiger partial charge < -0.3 is 25.1 Å². The molecule has 39 heavy (non-hydrogen) atoms. The maximum Gasteiger partial charge on any atom is 0.267 e. The van der Waals surface area contributed by atoms with Crippen molar-refractivity contribution in [2.75, 3.05) is 49.2 Å². The molecule has 0 radical (unpaired) electrons. The number of nitrogens with one attached hydrogen (secondary N) is 1. The number of para-hydroxylation sites is 2. The Balaban J connectivity index is 1.10. The average molecular weight is 521 g/mol. The quantitative estimate of drug-likeness (QED) is 0.325. The van der Waals surface area contributed by atoms with E-state index in [0.29, 0.717) is 24.3 Å². The first-order valence-corrected chi connectivity index (χ1v) is 13.8. The topological polar surface area (TPSA) is 66.8 Å². The van der Waals surface area contributed by atoms with Crippen molar-refractivity contribution in [1.29, 1.82) is 0 Å². The first kappa shape index (κ1) is 25.2. The second-order valence-corrected chi connectivity index (χ2v) is 10.3. The highest BCUT2D eigenvalue weighted by Crippen LogP contribution is 2.42. The summed E-state index contributed by atoms with van der Waals surface area (Å²) < 4.78 is 1.92. The van der Waals surface area contributed by atoms with E-state index in [1.54, 1.807) is 0 Å². The molecule has 4 aromatic rings. The van der Waals surface area contributed by atoms with Crippen LogP contribution in [0.3, 0.4) is 0 Å². The number of benzene rings is 3. The Hall–Kier alpha value is -4.07. The van der Waals surface area contributed by atoms with Crippen molar-refractivity contribution >= 4 is 17.3 Å². The highest BCUT2D eigenvalue weighted by Gasteiger charge is 2.30. The van der Waals surface area contributed by atoms with Crippen LogP contribution >= 0.6 is 0 Å². The number of aromatic nitrogens is 1. The third-order valence-corrected chi connectivity index (χ3v) is 7.83. The maximum absolute atomic E-state index is 13.6. The summed E-state index contributed by atoms with van der Waals surface area (Å²) in [7, 11) is 0. The van der Waals surface area contributed by atoms with E-state index < -0.39 is 6.17 Å². The van der Waals surface area contributed by atoms with Crippen LogP contribution in [0.4, 0.5) is 11.4 Å². The lowest BCUT2D eigenvalue weighted by Gasteiger charge is -2.46. The van der Waals surface area contributed by atoms with E-state index in [9.17, 15) is 10.0 Å². The molecule has 3 heterocycles. The zero-order valence-electron chi connectivity index (χ0n) is 22.1. The first-order valence-electron chi connectivity index (χ1n) is 13.8. The predicted octanol–water partition coefficient (Wildman–Crippen LogP) is 5.16. The van der Waals surface area contributed by atoms with Crippen LogP contribution in [0.2, 0.25) is 0 Å². The molecule has 7 heteroatoms. The smallest absolute Gasteiger partial charge is 0.267 e. The van der Waals surface area contributed by atoms with Gasteiger partial charge in [0.25, 0.3) is 5.91 Å². The molecule has 1 fully saturated rings. The summed E-state index contributed by atoms with van der Waals surface area (Å²) in [4.78, 5) is 18.3. The fraction of sp³-hybridized carbons (Fsp3) is 0.281. The fourth-order valence-electron chi connectivity index (χ4n) is 5.78. The van der Waals surface area contributed by atoms with E-state index in [1.807, 2.05) is 71.3 Å². The minimum Gasteiger partial charge on any atom is -0.757 e. The molecular formula is C32H34N5O2-. The average Bonchev–Trinajstić information content (AvgIpc) is 3.44. The monoisotopic (exact) mass is 520 g/mol. The normalized spacial score (nSPS) is 17.0. The number of hydrogen-bond donors (Lipinski definition) is 1. The molecule has 0 spiro atoms. The molecule has 1 N–H and O–H groups in total. The molecule has 2 aliphatic rings. The van der Waals surface area contributed by atoms with Crippen LogP contribution in [0.1, 0.15) is 28.6 Å². The highest BCUT2D eigenvalue weighted by atomic mass is 16.5. The van der Waals surface area contributed by atoms with Gasteiger partial charge >= 0.3 is 0 Å². The molecule has 1 aromatic heterocycles. The van der Waals surface area contributed by atoms with Gasteiger partial charge in [-0.25, -0.2) is 0 Å². The van der Waals surface area contributed by atoms with Crippen LogP contribution in [0.5, 0.6) is 0 Å². The molecule has 1 amide bonds. The number of carbonyl (C=O) groups excluding carboxylic acids is 1. The molecular weight excluding hydrogens is 486 g/mol. The largest absolute Gasteiger partial charge is 0.757 e. The second kappa shape index (κ2) is 11.4. The van der Waals surface area contributed by atoms with Crippen molar-refractivity contribution < 1.29 is 4.79 Å². The SMILES string of the molecule is O=C(NCCCN1CCN(c2ccccc2)CC1)c1ccc2n1C(Cc1ccccc1)N([O-])c1ccccc1-2. The number of carbonyl (C=O) groups is 1. The minimum absolute atomic E-state index is 0.138. The van der Waals surface area contributed by atoms with Gasteiger partial charge in [-0.1, -0.05) is 66.7 Å². The number of anilines is 2. The van der Waals surface area contributed by atoms with Gasteiger partial charge in [-0.05, 0) is 48.9 Å². The molecule has 7 nitrogen and oxygen atoms in total. The molecule has 1 saturated heterocycles. The third kappa shape index (κ3) is 5.28. The maximum atomic E-state index is 13.6. The van der Waals surface area contributed by atoms with Gasteiger partial charge in [-0.15, -0.1) is 0 Å². The lowest BCUT2D eigenvalue weighted by atomic mass is 10.0. The summed E-state index contributed by atoms with van der Waals surface area (Å²) in [5, 5.41) is 17.7. The third-order valence-electron chi connectivity index (χ3n) is 7.83. The van der Waals surface area contributed by atoms with E-state index in [-0.39, 0.29) is 5.91 Å². The number of fused-ring (bicyclic) bond motifs is 3. The zero-order chi connectivity index (χ0) is 26.6. The Morgan fingerprint density at radius 1 is 0.821 bits per heavy atom. The van der Waals surface area contributed by atoms with Gasteiger partial charge in [-0.3, -0.25) is 9.69 Å². The van der Waals surface area contributed by atoms with Crippen molar-refractivity contribution in [3.8, 4) is 11.3 Å². The molecule has 6 rings (SSSR count). The Morgan fingerprint density at radius 3 is 2.28 bits per heavy atom. The van der Waals surface area contributed by atoms with E-state index in [0.717, 1.165) is 61.0 Å². The van der Waals surface area contributed by atoms with Crippen LogP contribution in [0, 0.1) is 5.21 Å². The summed E-state index contributed by atoms with van der Waals surface area (Å²) in [6.07, 6.45) is 0.860. The molecule has 1 unspecified atom stereocenters. The van der Waals surface area contributed by atoms with Gasteiger partial charge in [0.15, 0.2) is 0 Å². The number of nitrogens with zero attached hydrogens (tertiary/aromatic N) is 4. The lowest BCUT2D eigenvalue weighted by molar-refractivity contribution is 0.0940. The first-order chi connectivity index (χ1) is 19.2. The second-order valence-electron chi connectivity index (χ2n) is 10.3. The Bertz CT molecular complexity index is 1400. The van der Waals surface area contributed by atoms with E-state index in [4.69, 9.17) is 0 Å². The van der Waals surface area contributed by atoms with Gasteiger partial charge in [-0.2, -0.15) is 0 Å². The summed E-state index contributed by atoms with van der Waals surface area (Å²) >= 11 is 0. The number of amides is 1. The van der Waals surface area contributed by atoms with E-state index in [1.165, 1.54) is 5.69 Å². The summed E-state index contributed by atoms with van der Waals surface area (Å²) in [6, 6.07) is 32.0. The van der Waals surface area contributed by atoms with Crippen LogP contribution < -0.4 is 15.3 Å². The molecule has 1 atom stereocenters. The standard InChI is InChI=1S/C32H34N5O2/c38-32(33-18-9-19-34-20-22-35(23-21-34)26-12-5-2-6-13-26)30-17-16-28-27-14-7-8-15-29(27)37(39)31(36(28)30)24-25-10-3-1-4-11-25/h1-8,10-17,31H,9,18-24H2,(H,33,38)/q-1.